The molecule has 5 nitrogen and oxygen atoms in total. The van der Waals surface area contributed by atoms with Gasteiger partial charge >= 0.3 is 5.97 Å². The average molecular weight is 341 g/mol. The first-order valence-corrected chi connectivity index (χ1v) is 6.57. The van der Waals surface area contributed by atoms with Crippen LogP contribution in [0.3, 0.4) is 0 Å². The highest BCUT2D eigenvalue weighted by Crippen LogP contribution is 2.31. The number of hydrogen-bond acceptors (Lipinski definition) is 4. The number of hydrogen-bond donors (Lipinski definition) is 1. The number of rotatable bonds is 4. The Morgan fingerprint density at radius 3 is 2.35 bits per heavy atom. The first-order valence-electron chi connectivity index (χ1n) is 5.43. The molecule has 0 aromatic heterocycles. The van der Waals surface area contributed by atoms with Crippen molar-refractivity contribution in [3.05, 3.63) is 29.8 Å². The van der Waals surface area contributed by atoms with Crippen LogP contribution >= 0.6 is 34.8 Å². The lowest BCUT2D eigenvalue weighted by Crippen LogP contribution is -2.45. The van der Waals surface area contributed by atoms with Crippen molar-refractivity contribution >= 4 is 46.7 Å². The van der Waals surface area contributed by atoms with Gasteiger partial charge < -0.3 is 14.8 Å². The van der Waals surface area contributed by atoms with Crippen molar-refractivity contribution in [1.82, 2.24) is 5.32 Å². The highest BCUT2D eigenvalue weighted by atomic mass is 35.6. The molecule has 1 atom stereocenters. The molecule has 1 rings (SSSR count). The fourth-order valence-electron chi connectivity index (χ4n) is 1.37. The maximum atomic E-state index is 12.1. The Morgan fingerprint density at radius 1 is 1.25 bits per heavy atom. The summed E-state index contributed by atoms with van der Waals surface area (Å²) in [5.41, 5.74) is 0.124. The Balaban J connectivity index is 2.95. The van der Waals surface area contributed by atoms with Crippen LogP contribution in [0.25, 0.3) is 0 Å². The van der Waals surface area contributed by atoms with Crippen molar-refractivity contribution in [2.45, 2.75) is 16.9 Å². The summed E-state index contributed by atoms with van der Waals surface area (Å²) in [4.78, 5) is 23.1. The van der Waals surface area contributed by atoms with Crippen molar-refractivity contribution in [1.29, 1.82) is 0 Å². The van der Waals surface area contributed by atoms with Gasteiger partial charge in [-0.1, -0.05) is 46.9 Å². The van der Waals surface area contributed by atoms with Crippen LogP contribution in [0.15, 0.2) is 24.3 Å². The molecule has 0 aliphatic heterocycles. The summed E-state index contributed by atoms with van der Waals surface area (Å²) in [6.07, 6.45) is -1.15. The minimum Gasteiger partial charge on any atom is -0.426 e. The second kappa shape index (κ2) is 7.13. The fraction of sp³-hybridized carbons (Fsp3) is 0.333. The number of methoxy groups -OCH3 is 1. The zero-order valence-corrected chi connectivity index (χ0v) is 12.9. The van der Waals surface area contributed by atoms with E-state index in [1.54, 1.807) is 12.1 Å². The third-order valence-corrected chi connectivity index (χ3v) is 2.78. The first-order chi connectivity index (χ1) is 9.25. The Morgan fingerprint density at radius 2 is 1.85 bits per heavy atom. The second-order valence-electron chi connectivity index (χ2n) is 3.72. The number of alkyl halides is 3. The standard InChI is InChI=1S/C12H12Cl3NO4/c1-7(17)20-9-6-4-3-5-8(9)10(18)16-11(19-2)12(13,14)15/h3-6,11H,1-2H3,(H,16,18). The highest BCUT2D eigenvalue weighted by molar-refractivity contribution is 6.68. The summed E-state index contributed by atoms with van der Waals surface area (Å²) in [5, 5.41) is 2.39. The Bertz CT molecular complexity index is 502. The molecule has 0 spiro atoms. The van der Waals surface area contributed by atoms with E-state index < -0.39 is 21.9 Å². The molecular weight excluding hydrogens is 328 g/mol. The number of nitrogens with one attached hydrogen (secondary N) is 1. The SMILES string of the molecule is COC(NC(=O)c1ccccc1OC(C)=O)C(Cl)(Cl)Cl. The first kappa shape index (κ1) is 17.0. The van der Waals surface area contributed by atoms with E-state index in [2.05, 4.69) is 5.32 Å². The third-order valence-electron chi connectivity index (χ3n) is 2.18. The average Bonchev–Trinajstić information content (AvgIpc) is 2.34. The summed E-state index contributed by atoms with van der Waals surface area (Å²) < 4.78 is 7.99. The molecule has 0 aliphatic rings. The topological polar surface area (TPSA) is 64.6 Å². The summed E-state index contributed by atoms with van der Waals surface area (Å²) >= 11 is 17.0. The number of amides is 1. The van der Waals surface area contributed by atoms with Crippen molar-refractivity contribution in [2.75, 3.05) is 7.11 Å². The molecule has 0 heterocycles. The number of benzene rings is 1. The smallest absolute Gasteiger partial charge is 0.308 e. The summed E-state index contributed by atoms with van der Waals surface area (Å²) in [7, 11) is 1.28. The number of halogens is 3. The molecule has 0 aliphatic carbocycles. The molecule has 20 heavy (non-hydrogen) atoms. The van der Waals surface area contributed by atoms with Gasteiger partial charge in [-0.2, -0.15) is 0 Å². The van der Waals surface area contributed by atoms with E-state index in [1.807, 2.05) is 0 Å². The minimum atomic E-state index is -1.83. The van der Waals surface area contributed by atoms with Gasteiger partial charge in [0.1, 0.15) is 5.75 Å². The number of esters is 1. The zero-order valence-electron chi connectivity index (χ0n) is 10.7. The lowest BCUT2D eigenvalue weighted by molar-refractivity contribution is -0.131. The van der Waals surface area contributed by atoms with Gasteiger partial charge in [-0.15, -0.1) is 0 Å². The van der Waals surface area contributed by atoms with Gasteiger partial charge in [0, 0.05) is 14.0 Å². The molecule has 0 fully saturated rings. The van der Waals surface area contributed by atoms with Gasteiger partial charge in [-0.25, -0.2) is 0 Å². The molecule has 1 aromatic carbocycles. The zero-order chi connectivity index (χ0) is 15.3. The van der Waals surface area contributed by atoms with E-state index in [1.165, 1.54) is 26.2 Å². The molecule has 1 aromatic rings. The summed E-state index contributed by atoms with van der Waals surface area (Å²) in [6.45, 7) is 1.23. The lowest BCUT2D eigenvalue weighted by Gasteiger charge is -2.24. The molecule has 0 radical (unpaired) electrons. The molecule has 0 saturated carbocycles. The van der Waals surface area contributed by atoms with Crippen molar-refractivity contribution in [2.24, 2.45) is 0 Å². The minimum absolute atomic E-state index is 0.108. The quantitative estimate of drug-likeness (QED) is 0.396. The van der Waals surface area contributed by atoms with E-state index in [0.717, 1.165) is 0 Å². The second-order valence-corrected chi connectivity index (χ2v) is 6.09. The van der Waals surface area contributed by atoms with Crippen LogP contribution in [0.5, 0.6) is 5.75 Å². The number of carbonyl (C=O) groups excluding carboxylic acids is 2. The van der Waals surface area contributed by atoms with Crippen LogP contribution in [-0.4, -0.2) is 29.0 Å². The predicted octanol–water partition coefficient (Wildman–Crippen LogP) is 2.68. The van der Waals surface area contributed by atoms with Gasteiger partial charge in [0.2, 0.25) is 3.79 Å². The third kappa shape index (κ3) is 4.83. The van der Waals surface area contributed by atoms with Crippen LogP contribution in [0.4, 0.5) is 0 Å². The molecule has 1 N–H and O–H groups in total. The van der Waals surface area contributed by atoms with Crippen LogP contribution in [0.1, 0.15) is 17.3 Å². The van der Waals surface area contributed by atoms with Gasteiger partial charge in [0.05, 0.1) is 5.56 Å². The summed E-state index contributed by atoms with van der Waals surface area (Å²) in [6, 6.07) is 6.18. The molecular formula is C12H12Cl3NO4. The van der Waals surface area contributed by atoms with E-state index in [9.17, 15) is 9.59 Å². The van der Waals surface area contributed by atoms with E-state index >= 15 is 0 Å². The van der Waals surface area contributed by atoms with Gasteiger partial charge in [0.25, 0.3) is 5.91 Å². The highest BCUT2D eigenvalue weighted by Gasteiger charge is 2.34. The molecule has 0 saturated heterocycles. The van der Waals surface area contributed by atoms with Crippen molar-refractivity contribution < 1.29 is 19.1 Å². The Labute approximate surface area is 131 Å². The van der Waals surface area contributed by atoms with E-state index in [0.29, 0.717) is 0 Å². The van der Waals surface area contributed by atoms with Gasteiger partial charge in [-0.05, 0) is 12.1 Å². The molecule has 1 unspecified atom stereocenters. The predicted molar refractivity (Wildman–Crippen MR) is 76.3 cm³/mol. The Hall–Kier alpha value is -1.01. The largest absolute Gasteiger partial charge is 0.426 e. The van der Waals surface area contributed by atoms with Crippen molar-refractivity contribution in [3.63, 3.8) is 0 Å². The number of ether oxygens (including phenoxy) is 2. The molecule has 1 amide bonds. The summed E-state index contributed by atoms with van der Waals surface area (Å²) in [5.74, 6) is -1.04. The fourth-order valence-corrected chi connectivity index (χ4v) is 1.80. The normalized spacial score (nSPS) is 12.7. The maximum Gasteiger partial charge on any atom is 0.308 e. The molecule has 110 valence electrons. The van der Waals surface area contributed by atoms with Crippen LogP contribution in [-0.2, 0) is 9.53 Å². The monoisotopic (exact) mass is 339 g/mol. The molecule has 8 heteroatoms. The van der Waals surface area contributed by atoms with E-state index in [4.69, 9.17) is 44.3 Å². The van der Waals surface area contributed by atoms with Gasteiger partial charge in [0.15, 0.2) is 6.23 Å². The Kier molecular flexibility index (Phi) is 6.07. The lowest BCUT2D eigenvalue weighted by atomic mass is 10.2. The number of carbonyl (C=O) groups is 2. The van der Waals surface area contributed by atoms with Crippen LogP contribution < -0.4 is 10.1 Å². The maximum absolute atomic E-state index is 12.1. The van der Waals surface area contributed by atoms with Crippen LogP contribution in [0.2, 0.25) is 0 Å². The number of para-hydroxylation sites is 1. The van der Waals surface area contributed by atoms with E-state index in [-0.39, 0.29) is 11.3 Å². The van der Waals surface area contributed by atoms with Crippen molar-refractivity contribution in [3.8, 4) is 5.75 Å². The van der Waals surface area contributed by atoms with Crippen LogP contribution in [0, 0.1) is 0 Å². The van der Waals surface area contributed by atoms with Gasteiger partial charge in [-0.3, -0.25) is 9.59 Å². The molecule has 0 bridgehead atoms.